The van der Waals surface area contributed by atoms with Gasteiger partial charge in [-0.1, -0.05) is 46.6 Å². The molecule has 138 valence electrons. The second kappa shape index (κ2) is 7.50. The minimum absolute atomic E-state index is 0.143. The molecule has 1 atom stereocenters. The molecule has 7 heteroatoms. The van der Waals surface area contributed by atoms with Crippen LogP contribution in [-0.2, 0) is 4.74 Å². The van der Waals surface area contributed by atoms with Gasteiger partial charge in [-0.25, -0.2) is 4.68 Å². The number of hydrogen-bond acceptors (Lipinski definition) is 4. The highest BCUT2D eigenvalue weighted by Crippen LogP contribution is 2.24. The van der Waals surface area contributed by atoms with Gasteiger partial charge in [-0.15, -0.1) is 5.10 Å². The van der Waals surface area contributed by atoms with E-state index in [0.717, 1.165) is 16.8 Å². The highest BCUT2D eigenvalue weighted by molar-refractivity contribution is 6.30. The van der Waals surface area contributed by atoms with E-state index in [1.54, 1.807) is 15.8 Å². The standard InChI is InChI=1S/C20H19ClN4O2/c1-14-2-8-17(9-3-14)25-12-18(22-23-25)20(26)24-10-11-27-19(13-24)15-4-6-16(21)7-5-15/h2-9,12,19H,10-11,13H2,1H3. The van der Waals surface area contributed by atoms with Gasteiger partial charge in [-0.2, -0.15) is 0 Å². The SMILES string of the molecule is Cc1ccc(-n2cc(C(=O)N3CCOC(c4ccc(Cl)cc4)C3)nn2)cc1. The second-order valence-corrected chi connectivity index (χ2v) is 6.98. The van der Waals surface area contributed by atoms with Crippen LogP contribution in [0.15, 0.2) is 54.7 Å². The van der Waals surface area contributed by atoms with Crippen LogP contribution in [0.2, 0.25) is 5.02 Å². The molecule has 1 amide bonds. The Morgan fingerprint density at radius 3 is 2.63 bits per heavy atom. The minimum atomic E-state index is -0.174. The van der Waals surface area contributed by atoms with Crippen LogP contribution in [0.5, 0.6) is 0 Å². The van der Waals surface area contributed by atoms with Gasteiger partial charge in [0.1, 0.15) is 6.10 Å². The Bertz CT molecular complexity index is 937. The quantitative estimate of drug-likeness (QED) is 0.696. The van der Waals surface area contributed by atoms with Crippen molar-refractivity contribution in [2.75, 3.05) is 19.7 Å². The van der Waals surface area contributed by atoms with Gasteiger partial charge < -0.3 is 9.64 Å². The number of aromatic nitrogens is 3. The summed E-state index contributed by atoms with van der Waals surface area (Å²) in [6.07, 6.45) is 1.49. The zero-order chi connectivity index (χ0) is 18.8. The van der Waals surface area contributed by atoms with Crippen molar-refractivity contribution in [1.82, 2.24) is 19.9 Å². The number of amides is 1. The molecule has 4 rings (SSSR count). The van der Waals surface area contributed by atoms with Crippen molar-refractivity contribution in [1.29, 1.82) is 0 Å². The summed E-state index contributed by atoms with van der Waals surface area (Å²) in [5.41, 5.74) is 3.36. The predicted octanol–water partition coefficient (Wildman–Crippen LogP) is 3.44. The van der Waals surface area contributed by atoms with Crippen LogP contribution in [0.4, 0.5) is 0 Å². The fourth-order valence-corrected chi connectivity index (χ4v) is 3.19. The van der Waals surface area contributed by atoms with Crippen molar-refractivity contribution >= 4 is 17.5 Å². The molecule has 1 unspecified atom stereocenters. The molecule has 2 heterocycles. The predicted molar refractivity (Wildman–Crippen MR) is 102 cm³/mol. The smallest absolute Gasteiger partial charge is 0.276 e. The molecule has 6 nitrogen and oxygen atoms in total. The molecule has 1 aliphatic rings. The van der Waals surface area contributed by atoms with Crippen molar-refractivity contribution in [2.45, 2.75) is 13.0 Å². The molecule has 3 aromatic rings. The Hall–Kier alpha value is -2.70. The second-order valence-electron chi connectivity index (χ2n) is 6.55. The Labute approximate surface area is 162 Å². The van der Waals surface area contributed by atoms with Gasteiger partial charge in [0, 0.05) is 11.6 Å². The van der Waals surface area contributed by atoms with Gasteiger partial charge in [0.05, 0.1) is 25.0 Å². The van der Waals surface area contributed by atoms with Crippen LogP contribution in [0.1, 0.15) is 27.7 Å². The van der Waals surface area contributed by atoms with Crippen molar-refractivity contribution in [2.24, 2.45) is 0 Å². The summed E-state index contributed by atoms with van der Waals surface area (Å²) < 4.78 is 7.44. The van der Waals surface area contributed by atoms with Gasteiger partial charge in [0.2, 0.25) is 0 Å². The molecule has 1 aliphatic heterocycles. The monoisotopic (exact) mass is 382 g/mol. The number of carbonyl (C=O) groups is 1. The van der Waals surface area contributed by atoms with E-state index in [4.69, 9.17) is 16.3 Å². The summed E-state index contributed by atoms with van der Waals surface area (Å²) in [4.78, 5) is 14.6. The molecule has 1 fully saturated rings. The molecule has 1 aromatic heterocycles. The summed E-state index contributed by atoms with van der Waals surface area (Å²) in [7, 11) is 0. The van der Waals surface area contributed by atoms with Crippen LogP contribution >= 0.6 is 11.6 Å². The Morgan fingerprint density at radius 2 is 1.89 bits per heavy atom. The number of hydrogen-bond donors (Lipinski definition) is 0. The lowest BCUT2D eigenvalue weighted by Gasteiger charge is -2.32. The summed E-state index contributed by atoms with van der Waals surface area (Å²) in [5, 5.41) is 8.83. The van der Waals surface area contributed by atoms with E-state index in [1.807, 2.05) is 55.5 Å². The maximum absolute atomic E-state index is 12.9. The third kappa shape index (κ3) is 3.86. The minimum Gasteiger partial charge on any atom is -0.370 e. The van der Waals surface area contributed by atoms with E-state index in [2.05, 4.69) is 10.3 Å². The average molecular weight is 383 g/mol. The van der Waals surface area contributed by atoms with Gasteiger partial charge in [0.15, 0.2) is 5.69 Å². The number of rotatable bonds is 3. The summed E-state index contributed by atoms with van der Waals surface area (Å²) >= 11 is 5.95. The summed E-state index contributed by atoms with van der Waals surface area (Å²) in [6.45, 7) is 3.50. The van der Waals surface area contributed by atoms with E-state index >= 15 is 0 Å². The largest absolute Gasteiger partial charge is 0.370 e. The molecule has 0 aliphatic carbocycles. The zero-order valence-corrected chi connectivity index (χ0v) is 15.6. The van der Waals surface area contributed by atoms with Gasteiger partial charge in [0.25, 0.3) is 5.91 Å². The molecule has 27 heavy (non-hydrogen) atoms. The Balaban J connectivity index is 1.49. The highest BCUT2D eigenvalue weighted by Gasteiger charge is 2.27. The summed E-state index contributed by atoms with van der Waals surface area (Å²) in [5.74, 6) is -0.143. The van der Waals surface area contributed by atoms with Crippen LogP contribution < -0.4 is 0 Å². The fraction of sp³-hybridized carbons (Fsp3) is 0.250. The van der Waals surface area contributed by atoms with Crippen LogP contribution in [0.25, 0.3) is 5.69 Å². The molecule has 1 saturated heterocycles. The van der Waals surface area contributed by atoms with E-state index in [9.17, 15) is 4.79 Å². The van der Waals surface area contributed by atoms with E-state index in [1.165, 1.54) is 0 Å². The maximum Gasteiger partial charge on any atom is 0.276 e. The third-order valence-electron chi connectivity index (χ3n) is 4.61. The Morgan fingerprint density at radius 1 is 1.15 bits per heavy atom. The number of aryl methyl sites for hydroxylation is 1. The molecule has 0 saturated carbocycles. The van der Waals surface area contributed by atoms with Crippen LogP contribution in [0.3, 0.4) is 0 Å². The van der Waals surface area contributed by atoms with Crippen LogP contribution in [0, 0.1) is 6.92 Å². The fourth-order valence-electron chi connectivity index (χ4n) is 3.06. The number of carbonyl (C=O) groups excluding carboxylic acids is 1. The lowest BCUT2D eigenvalue weighted by molar-refractivity contribution is -0.0230. The molecule has 0 bridgehead atoms. The number of ether oxygens (including phenoxy) is 1. The molecule has 0 radical (unpaired) electrons. The number of halogens is 1. The maximum atomic E-state index is 12.9. The third-order valence-corrected chi connectivity index (χ3v) is 4.86. The van der Waals surface area contributed by atoms with Gasteiger partial charge in [-0.05, 0) is 36.8 Å². The van der Waals surface area contributed by atoms with Gasteiger partial charge >= 0.3 is 0 Å². The lowest BCUT2D eigenvalue weighted by atomic mass is 10.1. The highest BCUT2D eigenvalue weighted by atomic mass is 35.5. The van der Waals surface area contributed by atoms with Crippen molar-refractivity contribution in [3.05, 3.63) is 76.6 Å². The summed E-state index contributed by atoms with van der Waals surface area (Å²) in [6, 6.07) is 15.4. The molecular weight excluding hydrogens is 364 g/mol. The van der Waals surface area contributed by atoms with E-state index in [-0.39, 0.29) is 12.0 Å². The number of benzene rings is 2. The molecular formula is C20H19ClN4O2. The first-order valence-electron chi connectivity index (χ1n) is 8.76. The Kier molecular flexibility index (Phi) is 4.92. The van der Waals surface area contributed by atoms with Gasteiger partial charge in [-0.3, -0.25) is 4.79 Å². The normalized spacial score (nSPS) is 17.1. The molecule has 0 N–H and O–H groups in total. The first-order chi connectivity index (χ1) is 13.1. The number of morpholine rings is 1. The van der Waals surface area contributed by atoms with Crippen molar-refractivity contribution in [3.63, 3.8) is 0 Å². The molecule has 2 aromatic carbocycles. The average Bonchev–Trinajstić information content (AvgIpc) is 3.19. The van der Waals surface area contributed by atoms with E-state index < -0.39 is 0 Å². The zero-order valence-electron chi connectivity index (χ0n) is 14.9. The van der Waals surface area contributed by atoms with Crippen molar-refractivity contribution < 1.29 is 9.53 Å². The van der Waals surface area contributed by atoms with E-state index in [0.29, 0.717) is 30.4 Å². The first-order valence-corrected chi connectivity index (χ1v) is 9.14. The van der Waals surface area contributed by atoms with Crippen LogP contribution in [-0.4, -0.2) is 45.5 Å². The van der Waals surface area contributed by atoms with Crippen molar-refractivity contribution in [3.8, 4) is 5.69 Å². The topological polar surface area (TPSA) is 60.2 Å². The molecule has 0 spiro atoms. The first kappa shape index (κ1) is 17.7. The number of nitrogens with zero attached hydrogens (tertiary/aromatic N) is 4. The lowest BCUT2D eigenvalue weighted by Crippen LogP contribution is -2.42.